The molecule has 2 aromatic rings. The molecule has 2 aromatic carbocycles. The van der Waals surface area contributed by atoms with Crippen LogP contribution >= 0.6 is 0 Å². The maximum absolute atomic E-state index is 12.6. The minimum atomic E-state index is -0.257. The second-order valence-corrected chi connectivity index (χ2v) is 3.75. The molecule has 0 saturated carbocycles. The first kappa shape index (κ1) is 11.7. The van der Waals surface area contributed by atoms with Crippen LogP contribution < -0.4 is 0 Å². The SMILES string of the molecule is Fc1ccc(COCc2ccc(F)cc2)cc1. The minimum Gasteiger partial charge on any atom is -0.372 e. The van der Waals surface area contributed by atoms with Crippen LogP contribution in [0.5, 0.6) is 0 Å². The van der Waals surface area contributed by atoms with Gasteiger partial charge in [-0.15, -0.1) is 0 Å². The van der Waals surface area contributed by atoms with Crippen molar-refractivity contribution in [2.45, 2.75) is 13.2 Å². The summed E-state index contributed by atoms with van der Waals surface area (Å²) in [6, 6.07) is 12.3. The lowest BCUT2D eigenvalue weighted by Crippen LogP contribution is -1.94. The second kappa shape index (κ2) is 5.55. The lowest BCUT2D eigenvalue weighted by Gasteiger charge is -2.04. The van der Waals surface area contributed by atoms with Crippen molar-refractivity contribution < 1.29 is 13.5 Å². The number of hydrogen-bond donors (Lipinski definition) is 0. The molecule has 1 nitrogen and oxygen atoms in total. The smallest absolute Gasteiger partial charge is 0.123 e. The van der Waals surface area contributed by atoms with Crippen molar-refractivity contribution in [1.82, 2.24) is 0 Å². The number of rotatable bonds is 4. The van der Waals surface area contributed by atoms with E-state index in [-0.39, 0.29) is 11.6 Å². The Bertz CT molecular complexity index is 417. The molecule has 3 heteroatoms. The molecule has 0 saturated heterocycles. The molecule has 0 aliphatic carbocycles. The van der Waals surface area contributed by atoms with Crippen molar-refractivity contribution in [2.75, 3.05) is 0 Å². The summed E-state index contributed by atoms with van der Waals surface area (Å²) in [7, 11) is 0. The van der Waals surface area contributed by atoms with Gasteiger partial charge < -0.3 is 4.74 Å². The molecule has 0 bridgehead atoms. The molecule has 0 amide bonds. The lowest BCUT2D eigenvalue weighted by molar-refractivity contribution is 0.107. The topological polar surface area (TPSA) is 9.23 Å². The van der Waals surface area contributed by atoms with E-state index in [2.05, 4.69) is 0 Å². The van der Waals surface area contributed by atoms with E-state index >= 15 is 0 Å². The first-order chi connectivity index (χ1) is 8.24. The van der Waals surface area contributed by atoms with Crippen LogP contribution in [0.3, 0.4) is 0 Å². The summed E-state index contributed by atoms with van der Waals surface area (Å²) in [5.74, 6) is -0.514. The third-order valence-corrected chi connectivity index (χ3v) is 2.36. The van der Waals surface area contributed by atoms with Gasteiger partial charge in [0.1, 0.15) is 11.6 Å². The molecule has 0 atom stereocenters. The van der Waals surface area contributed by atoms with E-state index in [9.17, 15) is 8.78 Å². The third kappa shape index (κ3) is 3.64. The molecular formula is C14H12F2O. The van der Waals surface area contributed by atoms with Gasteiger partial charge in [-0.3, -0.25) is 0 Å². The molecule has 0 aliphatic heterocycles. The van der Waals surface area contributed by atoms with Crippen molar-refractivity contribution in [3.8, 4) is 0 Å². The maximum atomic E-state index is 12.6. The van der Waals surface area contributed by atoms with Crippen LogP contribution in [0.25, 0.3) is 0 Å². The highest BCUT2D eigenvalue weighted by atomic mass is 19.1. The first-order valence-electron chi connectivity index (χ1n) is 5.31. The summed E-state index contributed by atoms with van der Waals surface area (Å²) >= 11 is 0. The predicted molar refractivity (Wildman–Crippen MR) is 61.3 cm³/mol. The van der Waals surface area contributed by atoms with Crippen molar-refractivity contribution in [2.24, 2.45) is 0 Å². The number of halogens is 2. The van der Waals surface area contributed by atoms with E-state index in [1.54, 1.807) is 24.3 Å². The fourth-order valence-corrected chi connectivity index (χ4v) is 1.45. The Morgan fingerprint density at radius 1 is 0.647 bits per heavy atom. The van der Waals surface area contributed by atoms with Crippen LogP contribution in [0.15, 0.2) is 48.5 Å². The zero-order valence-corrected chi connectivity index (χ0v) is 9.20. The van der Waals surface area contributed by atoms with Gasteiger partial charge in [-0.1, -0.05) is 24.3 Å². The summed E-state index contributed by atoms with van der Waals surface area (Å²) in [4.78, 5) is 0. The Morgan fingerprint density at radius 2 is 1.00 bits per heavy atom. The molecule has 17 heavy (non-hydrogen) atoms. The largest absolute Gasteiger partial charge is 0.372 e. The van der Waals surface area contributed by atoms with Gasteiger partial charge in [-0.25, -0.2) is 8.78 Å². The van der Waals surface area contributed by atoms with Gasteiger partial charge in [0.2, 0.25) is 0 Å². The van der Waals surface area contributed by atoms with Crippen LogP contribution in [0.2, 0.25) is 0 Å². The zero-order chi connectivity index (χ0) is 12.1. The van der Waals surface area contributed by atoms with Gasteiger partial charge in [-0.05, 0) is 35.4 Å². The highest BCUT2D eigenvalue weighted by Gasteiger charge is 1.96. The molecule has 0 aromatic heterocycles. The van der Waals surface area contributed by atoms with E-state index in [4.69, 9.17) is 4.74 Å². The number of ether oxygens (including phenoxy) is 1. The molecule has 88 valence electrons. The summed E-state index contributed by atoms with van der Waals surface area (Å²) in [5.41, 5.74) is 1.82. The molecular weight excluding hydrogens is 222 g/mol. The Labute approximate surface area is 98.7 Å². The molecule has 0 N–H and O–H groups in total. The number of benzene rings is 2. The standard InChI is InChI=1S/C14H12F2O/c15-13-5-1-11(2-6-13)9-17-10-12-3-7-14(16)8-4-12/h1-8H,9-10H2. The Balaban J connectivity index is 1.83. The van der Waals surface area contributed by atoms with Crippen molar-refractivity contribution in [3.05, 3.63) is 71.3 Å². The third-order valence-electron chi connectivity index (χ3n) is 2.36. The molecule has 0 spiro atoms. The number of hydrogen-bond acceptors (Lipinski definition) is 1. The molecule has 0 unspecified atom stereocenters. The quantitative estimate of drug-likeness (QED) is 0.784. The fourth-order valence-electron chi connectivity index (χ4n) is 1.45. The Kier molecular flexibility index (Phi) is 3.83. The zero-order valence-electron chi connectivity index (χ0n) is 9.20. The molecule has 0 aliphatic rings. The molecule has 0 radical (unpaired) electrons. The average Bonchev–Trinajstić information content (AvgIpc) is 2.34. The van der Waals surface area contributed by atoms with E-state index in [0.29, 0.717) is 13.2 Å². The van der Waals surface area contributed by atoms with Crippen LogP contribution in [0.1, 0.15) is 11.1 Å². The van der Waals surface area contributed by atoms with E-state index in [1.165, 1.54) is 24.3 Å². The molecule has 2 rings (SSSR count). The average molecular weight is 234 g/mol. The second-order valence-electron chi connectivity index (χ2n) is 3.75. The van der Waals surface area contributed by atoms with Gasteiger partial charge in [0.15, 0.2) is 0 Å². The highest BCUT2D eigenvalue weighted by Crippen LogP contribution is 2.08. The first-order valence-corrected chi connectivity index (χ1v) is 5.31. The van der Waals surface area contributed by atoms with Crippen LogP contribution in [-0.2, 0) is 18.0 Å². The predicted octanol–water partition coefficient (Wildman–Crippen LogP) is 3.68. The summed E-state index contributed by atoms with van der Waals surface area (Å²) in [6.45, 7) is 0.829. The highest BCUT2D eigenvalue weighted by molar-refractivity contribution is 5.16. The van der Waals surface area contributed by atoms with Crippen LogP contribution in [0, 0.1) is 11.6 Å². The lowest BCUT2D eigenvalue weighted by atomic mass is 10.2. The minimum absolute atomic E-state index is 0.257. The van der Waals surface area contributed by atoms with Crippen molar-refractivity contribution >= 4 is 0 Å². The summed E-state index contributed by atoms with van der Waals surface area (Å²) in [5, 5.41) is 0. The van der Waals surface area contributed by atoms with E-state index in [0.717, 1.165) is 11.1 Å². The van der Waals surface area contributed by atoms with E-state index < -0.39 is 0 Å². The fraction of sp³-hybridized carbons (Fsp3) is 0.143. The summed E-state index contributed by atoms with van der Waals surface area (Å²) in [6.07, 6.45) is 0. The monoisotopic (exact) mass is 234 g/mol. The Morgan fingerprint density at radius 3 is 1.35 bits per heavy atom. The molecule has 0 heterocycles. The normalized spacial score (nSPS) is 10.5. The van der Waals surface area contributed by atoms with Gasteiger partial charge in [0.05, 0.1) is 13.2 Å². The maximum Gasteiger partial charge on any atom is 0.123 e. The van der Waals surface area contributed by atoms with Crippen molar-refractivity contribution in [1.29, 1.82) is 0 Å². The van der Waals surface area contributed by atoms with Gasteiger partial charge in [0, 0.05) is 0 Å². The van der Waals surface area contributed by atoms with E-state index in [1.807, 2.05) is 0 Å². The Hall–Kier alpha value is -1.74. The van der Waals surface area contributed by atoms with Gasteiger partial charge >= 0.3 is 0 Å². The van der Waals surface area contributed by atoms with Crippen LogP contribution in [-0.4, -0.2) is 0 Å². The summed E-state index contributed by atoms with van der Waals surface area (Å²) < 4.78 is 30.7. The van der Waals surface area contributed by atoms with Gasteiger partial charge in [0.25, 0.3) is 0 Å². The van der Waals surface area contributed by atoms with Crippen LogP contribution in [0.4, 0.5) is 8.78 Å². The van der Waals surface area contributed by atoms with Crippen molar-refractivity contribution in [3.63, 3.8) is 0 Å². The molecule has 0 fully saturated rings. The van der Waals surface area contributed by atoms with Gasteiger partial charge in [-0.2, -0.15) is 0 Å².